The molecule has 8 nitrogen and oxygen atoms in total. The Morgan fingerprint density at radius 2 is 1.85 bits per heavy atom. The quantitative estimate of drug-likeness (QED) is 0.394. The van der Waals surface area contributed by atoms with Crippen LogP contribution in [0, 0.1) is 20.8 Å². The number of hydrogen-bond donors (Lipinski definition) is 1. The second-order valence-corrected chi connectivity index (χ2v) is 8.18. The third-order valence-electron chi connectivity index (χ3n) is 5.36. The number of ether oxygens (including phenoxy) is 1. The lowest BCUT2D eigenvalue weighted by Gasteiger charge is -2.13. The zero-order valence-electron chi connectivity index (χ0n) is 19.3. The van der Waals surface area contributed by atoms with Crippen LogP contribution in [-0.2, 0) is 6.61 Å². The average Bonchev–Trinajstić information content (AvgIpc) is 3.41. The number of hydrogen-bond acceptors (Lipinski definition) is 7. The molecule has 0 spiro atoms. The summed E-state index contributed by atoms with van der Waals surface area (Å²) in [6.45, 7) is 9.93. The fraction of sp³-hybridized carbons (Fsp3) is 0.280. The molecule has 0 aliphatic heterocycles. The Kier molecular flexibility index (Phi) is 6.26. The lowest BCUT2D eigenvalue weighted by atomic mass is 10.1. The predicted molar refractivity (Wildman–Crippen MR) is 123 cm³/mol. The van der Waals surface area contributed by atoms with Crippen molar-refractivity contribution in [2.75, 3.05) is 5.32 Å². The number of carbonyl (C=O) groups is 1. The van der Waals surface area contributed by atoms with Gasteiger partial charge in [-0.2, -0.15) is 4.98 Å². The molecule has 8 heteroatoms. The smallest absolute Gasteiger partial charge is 0.260 e. The third-order valence-corrected chi connectivity index (χ3v) is 5.36. The van der Waals surface area contributed by atoms with Crippen molar-refractivity contribution in [1.29, 1.82) is 0 Å². The number of anilines is 1. The molecular weight excluding hydrogens is 420 g/mol. The Hall–Kier alpha value is -3.94. The monoisotopic (exact) mass is 446 g/mol. The molecule has 0 atom stereocenters. The van der Waals surface area contributed by atoms with Gasteiger partial charge in [0, 0.05) is 11.5 Å². The lowest BCUT2D eigenvalue weighted by Crippen LogP contribution is -2.14. The number of carbonyl (C=O) groups excluding carboxylic acids is 1. The highest BCUT2D eigenvalue weighted by molar-refractivity contribution is 6.06. The maximum Gasteiger partial charge on any atom is 0.260 e. The van der Waals surface area contributed by atoms with Crippen LogP contribution in [0.25, 0.3) is 11.5 Å². The minimum atomic E-state index is -0.267. The van der Waals surface area contributed by atoms with Crippen molar-refractivity contribution in [2.45, 2.75) is 47.1 Å². The van der Waals surface area contributed by atoms with Crippen molar-refractivity contribution in [1.82, 2.24) is 15.3 Å². The summed E-state index contributed by atoms with van der Waals surface area (Å²) in [5, 5.41) is 11.0. The number of amides is 1. The molecule has 2 heterocycles. The van der Waals surface area contributed by atoms with E-state index >= 15 is 0 Å². The summed E-state index contributed by atoms with van der Waals surface area (Å²) in [6, 6.07) is 12.7. The highest BCUT2D eigenvalue weighted by Gasteiger charge is 2.18. The summed E-state index contributed by atoms with van der Waals surface area (Å²) in [4.78, 5) is 17.6. The van der Waals surface area contributed by atoms with Gasteiger partial charge in [0.1, 0.15) is 18.1 Å². The van der Waals surface area contributed by atoms with Crippen molar-refractivity contribution in [3.05, 3.63) is 76.4 Å². The summed E-state index contributed by atoms with van der Waals surface area (Å²) in [5.74, 6) is 2.15. The van der Waals surface area contributed by atoms with Gasteiger partial charge in [0.05, 0.1) is 22.5 Å². The molecule has 0 radical (unpaired) electrons. The second-order valence-electron chi connectivity index (χ2n) is 8.18. The zero-order chi connectivity index (χ0) is 23.5. The molecule has 0 saturated heterocycles. The highest BCUT2D eigenvalue weighted by atomic mass is 16.5. The Morgan fingerprint density at radius 1 is 1.06 bits per heavy atom. The van der Waals surface area contributed by atoms with E-state index in [1.165, 1.54) is 0 Å². The van der Waals surface area contributed by atoms with Crippen LogP contribution in [0.3, 0.4) is 0 Å². The largest absolute Gasteiger partial charge is 0.489 e. The number of rotatable bonds is 7. The summed E-state index contributed by atoms with van der Waals surface area (Å²) in [6.07, 6.45) is 0. The normalized spacial score (nSPS) is 11.1. The van der Waals surface area contributed by atoms with Crippen molar-refractivity contribution >= 4 is 11.6 Å². The van der Waals surface area contributed by atoms with Gasteiger partial charge in [-0.05, 0) is 50.6 Å². The first-order valence-corrected chi connectivity index (χ1v) is 10.7. The molecule has 0 aliphatic rings. The van der Waals surface area contributed by atoms with Gasteiger partial charge >= 0.3 is 0 Å². The topological polar surface area (TPSA) is 103 Å². The molecule has 4 rings (SSSR count). The molecule has 0 bridgehead atoms. The maximum absolute atomic E-state index is 13.1. The summed E-state index contributed by atoms with van der Waals surface area (Å²) < 4.78 is 16.5. The van der Waals surface area contributed by atoms with E-state index in [1.807, 2.05) is 52.8 Å². The van der Waals surface area contributed by atoms with E-state index in [2.05, 4.69) is 20.6 Å². The van der Waals surface area contributed by atoms with Gasteiger partial charge in [-0.3, -0.25) is 4.79 Å². The first kappa shape index (κ1) is 22.3. The van der Waals surface area contributed by atoms with Gasteiger partial charge in [-0.15, -0.1) is 0 Å². The maximum atomic E-state index is 13.1. The van der Waals surface area contributed by atoms with Crippen molar-refractivity contribution in [2.24, 2.45) is 0 Å². The van der Waals surface area contributed by atoms with Crippen LogP contribution in [0.4, 0.5) is 5.69 Å². The van der Waals surface area contributed by atoms with Gasteiger partial charge in [0.25, 0.3) is 11.8 Å². The van der Waals surface area contributed by atoms with Gasteiger partial charge in [0.15, 0.2) is 5.82 Å². The molecular formula is C25H26N4O4. The molecule has 4 aromatic rings. The van der Waals surface area contributed by atoms with Gasteiger partial charge < -0.3 is 19.1 Å². The minimum absolute atomic E-state index is 0.137. The van der Waals surface area contributed by atoms with Crippen LogP contribution in [-0.4, -0.2) is 21.2 Å². The van der Waals surface area contributed by atoms with Gasteiger partial charge in [-0.25, -0.2) is 0 Å². The van der Waals surface area contributed by atoms with Gasteiger partial charge in [-0.1, -0.05) is 42.4 Å². The molecule has 0 fully saturated rings. The van der Waals surface area contributed by atoms with Crippen molar-refractivity contribution in [3.8, 4) is 17.2 Å². The molecule has 0 saturated carbocycles. The Morgan fingerprint density at radius 3 is 2.55 bits per heavy atom. The number of benzene rings is 2. The standard InChI is InChI=1S/C25H26N4O4/c1-14(2)23-27-25(33-29-23)20-11-6-8-15(3)22(20)26-24(30)18-9-7-10-19(12-18)31-13-21-16(4)28-32-17(21)5/h6-12,14H,13H2,1-5H3,(H,26,30). The van der Waals surface area contributed by atoms with Crippen LogP contribution < -0.4 is 10.1 Å². The third kappa shape index (κ3) is 4.79. The first-order chi connectivity index (χ1) is 15.8. The van der Waals surface area contributed by atoms with E-state index in [0.717, 1.165) is 22.6 Å². The van der Waals surface area contributed by atoms with E-state index < -0.39 is 0 Å². The van der Waals surface area contributed by atoms with Gasteiger partial charge in [0.2, 0.25) is 0 Å². The number of aromatic nitrogens is 3. The minimum Gasteiger partial charge on any atom is -0.489 e. The molecule has 1 N–H and O–H groups in total. The molecule has 2 aromatic carbocycles. The number of nitrogens with zero attached hydrogens (tertiary/aromatic N) is 3. The van der Waals surface area contributed by atoms with Crippen LogP contribution in [0.1, 0.15) is 58.5 Å². The summed E-state index contributed by atoms with van der Waals surface area (Å²) in [5.41, 5.74) is 4.34. The van der Waals surface area contributed by atoms with E-state index in [-0.39, 0.29) is 11.8 Å². The molecule has 1 amide bonds. The van der Waals surface area contributed by atoms with Crippen LogP contribution in [0.5, 0.6) is 5.75 Å². The molecule has 0 unspecified atom stereocenters. The Labute approximate surface area is 191 Å². The van der Waals surface area contributed by atoms with Crippen LogP contribution in [0.15, 0.2) is 51.5 Å². The van der Waals surface area contributed by atoms with Crippen LogP contribution >= 0.6 is 0 Å². The predicted octanol–water partition coefficient (Wildman–Crippen LogP) is 5.60. The number of nitrogens with one attached hydrogen (secondary N) is 1. The second kappa shape index (κ2) is 9.28. The van der Waals surface area contributed by atoms with E-state index in [0.29, 0.717) is 40.9 Å². The molecule has 33 heavy (non-hydrogen) atoms. The zero-order valence-corrected chi connectivity index (χ0v) is 19.3. The van der Waals surface area contributed by atoms with E-state index in [4.69, 9.17) is 13.8 Å². The molecule has 170 valence electrons. The molecule has 2 aromatic heterocycles. The fourth-order valence-corrected chi connectivity index (χ4v) is 3.37. The Balaban J connectivity index is 1.54. The highest BCUT2D eigenvalue weighted by Crippen LogP contribution is 2.31. The number of aryl methyl sites for hydroxylation is 3. The van der Waals surface area contributed by atoms with E-state index in [1.54, 1.807) is 24.3 Å². The van der Waals surface area contributed by atoms with Crippen molar-refractivity contribution < 1.29 is 18.6 Å². The van der Waals surface area contributed by atoms with Crippen molar-refractivity contribution in [3.63, 3.8) is 0 Å². The lowest BCUT2D eigenvalue weighted by molar-refractivity contribution is 0.102. The Bertz CT molecular complexity index is 1270. The number of para-hydroxylation sites is 1. The first-order valence-electron chi connectivity index (χ1n) is 10.7. The van der Waals surface area contributed by atoms with E-state index in [9.17, 15) is 4.79 Å². The fourth-order valence-electron chi connectivity index (χ4n) is 3.37. The average molecular weight is 447 g/mol. The molecule has 0 aliphatic carbocycles. The van der Waals surface area contributed by atoms with Crippen LogP contribution in [0.2, 0.25) is 0 Å². The SMILES string of the molecule is Cc1cccc(-c2nc(C(C)C)no2)c1NC(=O)c1cccc(OCc2c(C)noc2C)c1. The summed E-state index contributed by atoms with van der Waals surface area (Å²) >= 11 is 0. The summed E-state index contributed by atoms with van der Waals surface area (Å²) in [7, 11) is 0.